The number of likely N-dealkylation sites (tertiary alicyclic amines) is 1. The first-order valence-corrected chi connectivity index (χ1v) is 10.1. The van der Waals surface area contributed by atoms with E-state index in [1.165, 1.54) is 32.1 Å². The van der Waals surface area contributed by atoms with Crippen LogP contribution in [-0.4, -0.2) is 23.4 Å². The maximum atomic E-state index is 14.3. The van der Waals surface area contributed by atoms with Crippen LogP contribution in [0.2, 0.25) is 0 Å². The molecule has 5 atom stereocenters. The standard InChI is InChI=1S/C22H30FNO/c1-3-15-7-5-8-16-13-19(16)21(15)24-11-10-18(22(24)25)12-17-9-4-6-14(2)20(17)23/h4,6,9,15-16,18-19,21H,3,5,7-8,10-13H2,1-2H3. The number of amides is 1. The molecule has 136 valence electrons. The van der Waals surface area contributed by atoms with Gasteiger partial charge in [0.25, 0.3) is 0 Å². The molecule has 1 amide bonds. The van der Waals surface area contributed by atoms with Crippen LogP contribution in [0.4, 0.5) is 4.39 Å². The molecule has 0 radical (unpaired) electrons. The van der Waals surface area contributed by atoms with Gasteiger partial charge in [0.15, 0.2) is 0 Å². The Morgan fingerprint density at radius 3 is 2.88 bits per heavy atom. The summed E-state index contributed by atoms with van der Waals surface area (Å²) >= 11 is 0. The summed E-state index contributed by atoms with van der Waals surface area (Å²) in [6, 6.07) is 6.00. The molecule has 1 aromatic carbocycles. The molecular formula is C22H30FNO. The summed E-state index contributed by atoms with van der Waals surface area (Å²) in [4.78, 5) is 15.4. The Morgan fingerprint density at radius 2 is 2.08 bits per heavy atom. The third-order valence-electron chi connectivity index (χ3n) is 7.02. The number of rotatable bonds is 4. The van der Waals surface area contributed by atoms with E-state index in [0.29, 0.717) is 29.5 Å². The molecule has 4 rings (SSSR count). The zero-order chi connectivity index (χ0) is 17.6. The second-order valence-corrected chi connectivity index (χ2v) is 8.52. The lowest BCUT2D eigenvalue weighted by atomic mass is 9.89. The van der Waals surface area contributed by atoms with Gasteiger partial charge in [0.2, 0.25) is 5.91 Å². The molecule has 0 spiro atoms. The molecule has 3 fully saturated rings. The number of benzene rings is 1. The van der Waals surface area contributed by atoms with Crippen LogP contribution in [0.1, 0.15) is 56.6 Å². The quantitative estimate of drug-likeness (QED) is 0.773. The van der Waals surface area contributed by atoms with Gasteiger partial charge >= 0.3 is 0 Å². The Kier molecular flexibility index (Phi) is 4.59. The highest BCUT2D eigenvalue weighted by molar-refractivity contribution is 5.81. The molecule has 25 heavy (non-hydrogen) atoms. The first kappa shape index (κ1) is 17.1. The number of carbonyl (C=O) groups is 1. The molecule has 1 aliphatic heterocycles. The van der Waals surface area contributed by atoms with Gasteiger partial charge in [-0.2, -0.15) is 0 Å². The van der Waals surface area contributed by atoms with Crippen LogP contribution in [0.3, 0.4) is 0 Å². The van der Waals surface area contributed by atoms with Gasteiger partial charge in [-0.3, -0.25) is 4.79 Å². The third kappa shape index (κ3) is 3.11. The summed E-state index contributed by atoms with van der Waals surface area (Å²) in [6.07, 6.45) is 7.90. The van der Waals surface area contributed by atoms with E-state index in [0.717, 1.165) is 24.8 Å². The van der Waals surface area contributed by atoms with E-state index in [9.17, 15) is 9.18 Å². The number of halogens is 1. The van der Waals surface area contributed by atoms with Gasteiger partial charge in [0.1, 0.15) is 5.82 Å². The van der Waals surface area contributed by atoms with Crippen molar-refractivity contribution in [3.8, 4) is 0 Å². The SMILES string of the molecule is CCC1CCCC2CC2C1N1CCC(Cc2cccc(C)c2F)C1=O. The zero-order valence-electron chi connectivity index (χ0n) is 15.5. The minimum absolute atomic E-state index is 0.0331. The van der Waals surface area contributed by atoms with Crippen molar-refractivity contribution in [3.05, 3.63) is 35.1 Å². The van der Waals surface area contributed by atoms with E-state index < -0.39 is 0 Å². The Bertz CT molecular complexity index is 657. The van der Waals surface area contributed by atoms with Crippen molar-refractivity contribution in [1.82, 2.24) is 4.90 Å². The fraction of sp³-hybridized carbons (Fsp3) is 0.682. The molecule has 1 heterocycles. The Hall–Kier alpha value is -1.38. The van der Waals surface area contributed by atoms with Crippen molar-refractivity contribution in [1.29, 1.82) is 0 Å². The summed E-state index contributed by atoms with van der Waals surface area (Å²) in [5.74, 6) is 2.40. The summed E-state index contributed by atoms with van der Waals surface area (Å²) in [5, 5.41) is 0. The van der Waals surface area contributed by atoms with E-state index in [4.69, 9.17) is 0 Å². The number of hydrogen-bond donors (Lipinski definition) is 0. The first-order chi connectivity index (χ1) is 12.1. The van der Waals surface area contributed by atoms with Crippen molar-refractivity contribution >= 4 is 5.91 Å². The van der Waals surface area contributed by atoms with Gasteiger partial charge in [-0.15, -0.1) is 0 Å². The normalized spacial score (nSPS) is 34.8. The fourth-order valence-corrected chi connectivity index (χ4v) is 5.49. The van der Waals surface area contributed by atoms with Crippen LogP contribution in [0.25, 0.3) is 0 Å². The maximum Gasteiger partial charge on any atom is 0.226 e. The Labute approximate surface area is 150 Å². The van der Waals surface area contributed by atoms with E-state index in [1.54, 1.807) is 13.0 Å². The zero-order valence-corrected chi connectivity index (χ0v) is 15.5. The van der Waals surface area contributed by atoms with Gasteiger partial charge in [-0.1, -0.05) is 44.4 Å². The topological polar surface area (TPSA) is 20.3 Å². The lowest BCUT2D eigenvalue weighted by molar-refractivity contribution is -0.134. The lowest BCUT2D eigenvalue weighted by Gasteiger charge is -2.34. The fourth-order valence-electron chi connectivity index (χ4n) is 5.49. The highest BCUT2D eigenvalue weighted by Gasteiger charge is 2.51. The molecule has 3 heteroatoms. The number of carbonyl (C=O) groups excluding carboxylic acids is 1. The van der Waals surface area contributed by atoms with Crippen molar-refractivity contribution in [2.75, 3.05) is 6.54 Å². The predicted molar refractivity (Wildman–Crippen MR) is 97.7 cm³/mol. The molecular weight excluding hydrogens is 313 g/mol. The van der Waals surface area contributed by atoms with Crippen molar-refractivity contribution in [2.45, 2.75) is 64.8 Å². The Balaban J connectivity index is 1.50. The van der Waals surface area contributed by atoms with E-state index >= 15 is 0 Å². The summed E-state index contributed by atoms with van der Waals surface area (Å²) in [6.45, 7) is 4.95. The van der Waals surface area contributed by atoms with Crippen LogP contribution >= 0.6 is 0 Å². The highest BCUT2D eigenvalue weighted by Crippen LogP contribution is 2.53. The predicted octanol–water partition coefficient (Wildman–Crippen LogP) is 4.74. The number of aryl methyl sites for hydroxylation is 1. The van der Waals surface area contributed by atoms with Gasteiger partial charge in [0.05, 0.1) is 0 Å². The number of fused-ring (bicyclic) bond motifs is 1. The van der Waals surface area contributed by atoms with Crippen LogP contribution in [0.15, 0.2) is 18.2 Å². The summed E-state index contributed by atoms with van der Waals surface area (Å²) < 4.78 is 14.3. The smallest absolute Gasteiger partial charge is 0.226 e. The highest BCUT2D eigenvalue weighted by atomic mass is 19.1. The molecule has 2 aliphatic carbocycles. The molecule has 2 saturated carbocycles. The van der Waals surface area contributed by atoms with Gasteiger partial charge in [-0.05, 0) is 61.5 Å². The molecule has 0 N–H and O–H groups in total. The van der Waals surface area contributed by atoms with E-state index in [-0.39, 0.29) is 17.6 Å². The minimum atomic E-state index is -0.128. The van der Waals surface area contributed by atoms with Crippen molar-refractivity contribution in [2.24, 2.45) is 23.7 Å². The molecule has 3 aliphatic rings. The van der Waals surface area contributed by atoms with Crippen molar-refractivity contribution in [3.63, 3.8) is 0 Å². The average Bonchev–Trinajstić information content (AvgIpc) is 3.30. The van der Waals surface area contributed by atoms with E-state index in [1.807, 2.05) is 12.1 Å². The molecule has 0 aromatic heterocycles. The first-order valence-electron chi connectivity index (χ1n) is 10.1. The van der Waals surface area contributed by atoms with Crippen LogP contribution in [0.5, 0.6) is 0 Å². The summed E-state index contributed by atoms with van der Waals surface area (Å²) in [7, 11) is 0. The average molecular weight is 343 g/mol. The molecule has 0 bridgehead atoms. The Morgan fingerprint density at radius 1 is 1.24 bits per heavy atom. The minimum Gasteiger partial charge on any atom is -0.339 e. The maximum absolute atomic E-state index is 14.3. The third-order valence-corrected chi connectivity index (χ3v) is 7.02. The van der Waals surface area contributed by atoms with Gasteiger partial charge < -0.3 is 4.90 Å². The largest absolute Gasteiger partial charge is 0.339 e. The lowest BCUT2D eigenvalue weighted by Crippen LogP contribution is -2.44. The van der Waals surface area contributed by atoms with Gasteiger partial charge in [-0.25, -0.2) is 4.39 Å². The number of nitrogens with zero attached hydrogens (tertiary/aromatic N) is 1. The molecule has 5 unspecified atom stereocenters. The monoisotopic (exact) mass is 343 g/mol. The van der Waals surface area contributed by atoms with Crippen molar-refractivity contribution < 1.29 is 9.18 Å². The summed E-state index contributed by atoms with van der Waals surface area (Å²) in [5.41, 5.74) is 1.38. The van der Waals surface area contributed by atoms with Crippen LogP contribution in [0, 0.1) is 36.4 Å². The number of hydrogen-bond acceptors (Lipinski definition) is 1. The van der Waals surface area contributed by atoms with Gasteiger partial charge in [0, 0.05) is 18.5 Å². The van der Waals surface area contributed by atoms with Crippen LogP contribution < -0.4 is 0 Å². The second-order valence-electron chi connectivity index (χ2n) is 8.52. The van der Waals surface area contributed by atoms with E-state index in [2.05, 4.69) is 11.8 Å². The molecule has 1 saturated heterocycles. The van der Waals surface area contributed by atoms with Crippen LogP contribution in [-0.2, 0) is 11.2 Å². The molecule has 1 aromatic rings. The second kappa shape index (κ2) is 6.74. The molecule has 2 nitrogen and oxygen atoms in total.